The molecule has 2 N–H and O–H groups in total. The van der Waals surface area contributed by atoms with Crippen LogP contribution in [-0.2, 0) is 15.9 Å². The van der Waals surface area contributed by atoms with E-state index in [2.05, 4.69) is 58.9 Å². The van der Waals surface area contributed by atoms with Gasteiger partial charge in [0.15, 0.2) is 5.78 Å². The molecule has 0 aromatic heterocycles. The number of hydrogen-bond donors (Lipinski definition) is 2. The third-order valence-corrected chi connectivity index (χ3v) is 13.6. The largest absolute Gasteiger partial charge is 0.446 e. The Hall–Kier alpha value is -2.22. The van der Waals surface area contributed by atoms with E-state index in [0.29, 0.717) is 56.6 Å². The van der Waals surface area contributed by atoms with Crippen molar-refractivity contribution in [3.63, 3.8) is 0 Å². The SMILES string of the molecule is COCCCN(CC1(O)CCC2c3ccc(cc3C(=O)C3CCCCC3)CC(O)CCC(C)=CCCC21C)C(=O)OC1CC(C)CCC1C(C)C. The van der Waals surface area contributed by atoms with E-state index in [4.69, 9.17) is 9.47 Å². The summed E-state index contributed by atoms with van der Waals surface area (Å²) in [5.74, 6) is 1.48. The van der Waals surface area contributed by atoms with Gasteiger partial charge in [-0.25, -0.2) is 4.79 Å². The van der Waals surface area contributed by atoms with Gasteiger partial charge in [-0.05, 0) is 125 Å². The lowest BCUT2D eigenvalue weighted by Gasteiger charge is -2.46. The molecule has 7 atom stereocenters. The monoisotopic (exact) mass is 708 g/mol. The van der Waals surface area contributed by atoms with E-state index in [1.165, 1.54) is 12.0 Å². The number of benzene rings is 1. The molecule has 51 heavy (non-hydrogen) atoms. The number of fused-ring (bicyclic) bond motifs is 8. The third kappa shape index (κ3) is 9.48. The average Bonchev–Trinajstić information content (AvgIpc) is 3.35. The number of carbonyl (C=O) groups is 2. The minimum absolute atomic E-state index is 0.0249. The van der Waals surface area contributed by atoms with Crippen molar-refractivity contribution in [3.05, 3.63) is 46.5 Å². The Labute approximate surface area is 308 Å². The molecule has 1 amide bonds. The molecule has 3 saturated carbocycles. The number of rotatable bonds is 10. The fourth-order valence-corrected chi connectivity index (χ4v) is 10.2. The standard InChI is InChI=1S/C44H69NO6/c1-30(2)36-19-16-32(4)26-40(36)51-42(48)45(24-11-25-50-6)29-44(49)23-21-39-37-20-17-33(28-38(37)41(47)34-13-8-7-9-14-34)27-35(46)18-15-31(3)12-10-22-43(39,44)5/h12,17,20,28,30,32,34-36,39-40,46,49H,7-11,13-16,18-19,21-27,29H2,1-6H3. The fourth-order valence-electron chi connectivity index (χ4n) is 10.2. The van der Waals surface area contributed by atoms with Crippen LogP contribution in [0.4, 0.5) is 4.79 Å². The van der Waals surface area contributed by atoms with Crippen molar-refractivity contribution >= 4 is 11.9 Å². The lowest BCUT2D eigenvalue weighted by atomic mass is 9.64. The number of aliphatic hydroxyl groups excluding tert-OH is 1. The smallest absolute Gasteiger partial charge is 0.410 e. The number of hydrogen-bond acceptors (Lipinski definition) is 6. The van der Waals surface area contributed by atoms with E-state index in [1.54, 1.807) is 12.0 Å². The van der Waals surface area contributed by atoms with E-state index in [0.717, 1.165) is 87.3 Å². The Balaban J connectivity index is 1.51. The van der Waals surface area contributed by atoms with Gasteiger partial charge in [0.2, 0.25) is 0 Å². The Morgan fingerprint density at radius 1 is 1.04 bits per heavy atom. The van der Waals surface area contributed by atoms with Gasteiger partial charge in [0, 0.05) is 37.2 Å². The zero-order chi connectivity index (χ0) is 36.8. The van der Waals surface area contributed by atoms with Crippen LogP contribution in [0, 0.1) is 29.1 Å². The average molecular weight is 708 g/mol. The van der Waals surface area contributed by atoms with Gasteiger partial charge in [-0.1, -0.05) is 77.2 Å². The zero-order valence-electron chi connectivity index (χ0n) is 32.8. The number of amides is 1. The minimum Gasteiger partial charge on any atom is -0.446 e. The first kappa shape index (κ1) is 40.0. The van der Waals surface area contributed by atoms with Crippen molar-refractivity contribution in [1.29, 1.82) is 0 Å². The van der Waals surface area contributed by atoms with Crippen LogP contribution >= 0.6 is 0 Å². The van der Waals surface area contributed by atoms with Gasteiger partial charge in [0.05, 0.1) is 18.2 Å². The van der Waals surface area contributed by atoms with Crippen LogP contribution < -0.4 is 0 Å². The molecule has 0 aliphatic heterocycles. The summed E-state index contributed by atoms with van der Waals surface area (Å²) in [5, 5.41) is 24.0. The predicted molar refractivity (Wildman–Crippen MR) is 204 cm³/mol. The Morgan fingerprint density at radius 2 is 1.80 bits per heavy atom. The van der Waals surface area contributed by atoms with E-state index in [1.807, 2.05) is 0 Å². The maximum Gasteiger partial charge on any atom is 0.410 e. The van der Waals surface area contributed by atoms with E-state index in [9.17, 15) is 19.8 Å². The summed E-state index contributed by atoms with van der Waals surface area (Å²) in [6, 6.07) is 6.32. The fraction of sp³-hybridized carbons (Fsp3) is 0.773. The highest BCUT2D eigenvalue weighted by Gasteiger charge is 2.58. The normalized spacial score (nSPS) is 32.3. The number of aliphatic hydroxyl groups is 2. The van der Waals surface area contributed by atoms with Crippen LogP contribution in [0.3, 0.4) is 0 Å². The first-order chi connectivity index (χ1) is 24.3. The first-order valence-electron chi connectivity index (χ1n) is 20.5. The molecular formula is C44H69NO6. The summed E-state index contributed by atoms with van der Waals surface area (Å²) >= 11 is 0. The van der Waals surface area contributed by atoms with Crippen molar-refractivity contribution < 1.29 is 29.3 Å². The van der Waals surface area contributed by atoms with Crippen LogP contribution in [0.1, 0.15) is 158 Å². The molecule has 7 unspecified atom stereocenters. The maximum absolute atomic E-state index is 14.4. The molecule has 7 nitrogen and oxygen atoms in total. The quantitative estimate of drug-likeness (QED) is 0.143. The van der Waals surface area contributed by atoms with Crippen LogP contribution in [0.15, 0.2) is 29.8 Å². The summed E-state index contributed by atoms with van der Waals surface area (Å²) in [6.07, 6.45) is 15.1. The number of ether oxygens (including phenoxy) is 2. The van der Waals surface area contributed by atoms with E-state index >= 15 is 0 Å². The number of ketones is 1. The van der Waals surface area contributed by atoms with Gasteiger partial charge < -0.3 is 24.6 Å². The molecule has 0 heterocycles. The molecule has 5 aliphatic carbocycles. The summed E-state index contributed by atoms with van der Waals surface area (Å²) in [7, 11) is 1.68. The second-order valence-corrected chi connectivity index (χ2v) is 17.7. The number of carbonyl (C=O) groups excluding carboxylic acids is 2. The van der Waals surface area contributed by atoms with Crippen LogP contribution in [-0.4, -0.2) is 71.6 Å². The van der Waals surface area contributed by atoms with E-state index in [-0.39, 0.29) is 36.4 Å². The second kappa shape index (κ2) is 17.7. The molecule has 7 heteroatoms. The second-order valence-electron chi connectivity index (χ2n) is 17.7. The molecule has 0 saturated heterocycles. The predicted octanol–water partition coefficient (Wildman–Crippen LogP) is 9.42. The molecule has 5 aliphatic rings. The Bertz CT molecular complexity index is 1350. The molecule has 3 fully saturated rings. The van der Waals surface area contributed by atoms with Crippen molar-refractivity contribution in [1.82, 2.24) is 4.90 Å². The highest BCUT2D eigenvalue weighted by Crippen LogP contribution is 2.59. The highest BCUT2D eigenvalue weighted by atomic mass is 16.6. The lowest BCUT2D eigenvalue weighted by Crippen LogP contribution is -2.54. The number of Topliss-reactive ketones (excluding diaryl/α,β-unsaturated/α-hetero) is 1. The minimum atomic E-state index is -1.18. The Morgan fingerprint density at radius 3 is 2.53 bits per heavy atom. The molecule has 1 aromatic carbocycles. The zero-order valence-corrected chi connectivity index (χ0v) is 32.8. The highest BCUT2D eigenvalue weighted by molar-refractivity contribution is 5.99. The van der Waals surface area contributed by atoms with Crippen molar-refractivity contribution in [2.75, 3.05) is 26.8 Å². The summed E-state index contributed by atoms with van der Waals surface area (Å²) in [5.41, 5.74) is 2.29. The van der Waals surface area contributed by atoms with Gasteiger partial charge in [0.1, 0.15) is 6.10 Å². The van der Waals surface area contributed by atoms with Crippen LogP contribution in [0.25, 0.3) is 0 Å². The van der Waals surface area contributed by atoms with Crippen LogP contribution in [0.2, 0.25) is 0 Å². The van der Waals surface area contributed by atoms with E-state index < -0.39 is 17.1 Å². The van der Waals surface area contributed by atoms with Gasteiger partial charge >= 0.3 is 6.09 Å². The van der Waals surface area contributed by atoms with Gasteiger partial charge in [-0.3, -0.25) is 4.79 Å². The van der Waals surface area contributed by atoms with Gasteiger partial charge in [-0.15, -0.1) is 0 Å². The molecule has 286 valence electrons. The lowest BCUT2D eigenvalue weighted by molar-refractivity contribution is -0.0868. The third-order valence-electron chi connectivity index (χ3n) is 13.6. The molecule has 6 rings (SSSR count). The molecule has 2 bridgehead atoms. The summed E-state index contributed by atoms with van der Waals surface area (Å²) in [6.45, 7) is 12.2. The first-order valence-corrected chi connectivity index (χ1v) is 20.5. The number of methoxy groups -OCH3 is 1. The van der Waals surface area contributed by atoms with Crippen molar-refractivity contribution in [2.24, 2.45) is 29.1 Å². The van der Waals surface area contributed by atoms with Gasteiger partial charge in [-0.2, -0.15) is 0 Å². The molecule has 0 spiro atoms. The topological polar surface area (TPSA) is 96.3 Å². The summed E-state index contributed by atoms with van der Waals surface area (Å²) < 4.78 is 11.8. The Kier molecular flexibility index (Phi) is 13.9. The summed E-state index contributed by atoms with van der Waals surface area (Å²) in [4.78, 5) is 30.4. The molecule has 0 radical (unpaired) electrons. The molecule has 1 aromatic rings. The maximum atomic E-state index is 14.4. The van der Waals surface area contributed by atoms with Gasteiger partial charge in [0.25, 0.3) is 0 Å². The van der Waals surface area contributed by atoms with Crippen molar-refractivity contribution in [2.45, 2.75) is 161 Å². The van der Waals surface area contributed by atoms with Crippen LogP contribution in [0.5, 0.6) is 0 Å². The van der Waals surface area contributed by atoms with Crippen molar-refractivity contribution in [3.8, 4) is 0 Å². The number of nitrogens with zero attached hydrogens (tertiary/aromatic N) is 1. The molecular weight excluding hydrogens is 638 g/mol. The number of allylic oxidation sites excluding steroid dienone is 2.